The minimum Gasteiger partial charge on any atom is -0.488 e. The SMILES string of the molecule is CCCOCCOc1c(F)cccc1CBr. The molecular formula is C12H16BrFO2. The van der Waals surface area contributed by atoms with Crippen LogP contribution in [0, 0.1) is 5.82 Å². The van der Waals surface area contributed by atoms with Gasteiger partial charge in [-0.25, -0.2) is 4.39 Å². The topological polar surface area (TPSA) is 18.5 Å². The highest BCUT2D eigenvalue weighted by atomic mass is 79.9. The minimum absolute atomic E-state index is 0.319. The lowest BCUT2D eigenvalue weighted by molar-refractivity contribution is 0.0989. The zero-order valence-electron chi connectivity index (χ0n) is 9.34. The molecule has 0 saturated carbocycles. The van der Waals surface area contributed by atoms with Gasteiger partial charge in [-0.1, -0.05) is 35.0 Å². The number of para-hydroxylation sites is 1. The summed E-state index contributed by atoms with van der Waals surface area (Å²) in [6.45, 7) is 3.62. The first-order chi connectivity index (χ1) is 7.79. The third-order valence-electron chi connectivity index (χ3n) is 2.02. The summed E-state index contributed by atoms with van der Waals surface area (Å²) in [5.74, 6) is -0.00749. The summed E-state index contributed by atoms with van der Waals surface area (Å²) in [5, 5.41) is 0.579. The minimum atomic E-state index is -0.326. The van der Waals surface area contributed by atoms with Gasteiger partial charge in [0.05, 0.1) is 6.61 Å². The molecule has 0 unspecified atom stereocenters. The van der Waals surface area contributed by atoms with E-state index in [0.29, 0.717) is 30.9 Å². The predicted molar refractivity (Wildman–Crippen MR) is 65.6 cm³/mol. The van der Waals surface area contributed by atoms with Gasteiger partial charge in [0.2, 0.25) is 0 Å². The first kappa shape index (κ1) is 13.5. The molecule has 2 nitrogen and oxygen atoms in total. The zero-order valence-corrected chi connectivity index (χ0v) is 10.9. The van der Waals surface area contributed by atoms with Gasteiger partial charge < -0.3 is 9.47 Å². The van der Waals surface area contributed by atoms with Crippen LogP contribution in [0.1, 0.15) is 18.9 Å². The lowest BCUT2D eigenvalue weighted by Gasteiger charge is -2.10. The van der Waals surface area contributed by atoms with Gasteiger partial charge in [0.1, 0.15) is 6.61 Å². The Kier molecular flexibility index (Phi) is 6.42. The molecule has 0 radical (unpaired) electrons. The van der Waals surface area contributed by atoms with Gasteiger partial charge in [0.25, 0.3) is 0 Å². The molecule has 0 aliphatic heterocycles. The van der Waals surface area contributed by atoms with Crippen molar-refractivity contribution in [2.75, 3.05) is 19.8 Å². The number of hydrogen-bond donors (Lipinski definition) is 0. The van der Waals surface area contributed by atoms with Crippen molar-refractivity contribution in [3.8, 4) is 5.75 Å². The second-order valence-electron chi connectivity index (χ2n) is 3.32. The van der Waals surface area contributed by atoms with Crippen molar-refractivity contribution in [2.24, 2.45) is 0 Å². The van der Waals surface area contributed by atoms with E-state index in [1.807, 2.05) is 13.0 Å². The number of benzene rings is 1. The summed E-state index contributed by atoms with van der Waals surface area (Å²) in [6, 6.07) is 4.90. The summed E-state index contributed by atoms with van der Waals surface area (Å²) in [4.78, 5) is 0. The van der Waals surface area contributed by atoms with E-state index in [-0.39, 0.29) is 5.82 Å². The first-order valence-electron chi connectivity index (χ1n) is 5.33. The number of alkyl halides is 1. The third-order valence-corrected chi connectivity index (χ3v) is 2.62. The molecule has 1 rings (SSSR count). The molecular weight excluding hydrogens is 275 g/mol. The smallest absolute Gasteiger partial charge is 0.165 e. The molecule has 0 spiro atoms. The van der Waals surface area contributed by atoms with E-state index in [0.717, 1.165) is 12.0 Å². The average Bonchev–Trinajstić information content (AvgIpc) is 2.30. The van der Waals surface area contributed by atoms with Gasteiger partial charge >= 0.3 is 0 Å². The highest BCUT2D eigenvalue weighted by Gasteiger charge is 2.08. The van der Waals surface area contributed by atoms with Crippen molar-refractivity contribution in [2.45, 2.75) is 18.7 Å². The van der Waals surface area contributed by atoms with E-state index < -0.39 is 0 Å². The van der Waals surface area contributed by atoms with Crippen LogP contribution >= 0.6 is 15.9 Å². The summed E-state index contributed by atoms with van der Waals surface area (Å²) in [6.07, 6.45) is 0.979. The van der Waals surface area contributed by atoms with Crippen molar-refractivity contribution in [3.05, 3.63) is 29.6 Å². The van der Waals surface area contributed by atoms with Crippen LogP contribution in [0.4, 0.5) is 4.39 Å². The highest BCUT2D eigenvalue weighted by Crippen LogP contribution is 2.24. The van der Waals surface area contributed by atoms with Gasteiger partial charge in [-0.15, -0.1) is 0 Å². The molecule has 0 bridgehead atoms. The Morgan fingerprint density at radius 2 is 2.06 bits per heavy atom. The zero-order chi connectivity index (χ0) is 11.8. The largest absolute Gasteiger partial charge is 0.488 e. The fourth-order valence-electron chi connectivity index (χ4n) is 1.27. The molecule has 1 aromatic carbocycles. The molecule has 0 amide bonds. The van der Waals surface area contributed by atoms with Crippen molar-refractivity contribution < 1.29 is 13.9 Å². The molecule has 0 aliphatic rings. The second kappa shape index (κ2) is 7.63. The van der Waals surface area contributed by atoms with Crippen LogP contribution in [0.5, 0.6) is 5.75 Å². The van der Waals surface area contributed by atoms with Crippen molar-refractivity contribution in [3.63, 3.8) is 0 Å². The molecule has 0 heterocycles. The fourth-order valence-corrected chi connectivity index (χ4v) is 1.71. The van der Waals surface area contributed by atoms with E-state index in [2.05, 4.69) is 15.9 Å². The summed E-state index contributed by atoms with van der Waals surface area (Å²) >= 11 is 3.30. The average molecular weight is 291 g/mol. The normalized spacial score (nSPS) is 10.4. The van der Waals surface area contributed by atoms with E-state index in [1.165, 1.54) is 6.07 Å². The maximum absolute atomic E-state index is 13.4. The molecule has 0 fully saturated rings. The van der Waals surface area contributed by atoms with Crippen LogP contribution in [0.2, 0.25) is 0 Å². The van der Waals surface area contributed by atoms with E-state index in [1.54, 1.807) is 6.07 Å². The molecule has 0 N–H and O–H groups in total. The number of ether oxygens (including phenoxy) is 2. The number of hydrogen-bond acceptors (Lipinski definition) is 2. The maximum Gasteiger partial charge on any atom is 0.165 e. The standard InChI is InChI=1S/C12H16BrFO2/c1-2-6-15-7-8-16-12-10(9-13)4-3-5-11(12)14/h3-5H,2,6-9H2,1H3. The fraction of sp³-hybridized carbons (Fsp3) is 0.500. The molecule has 4 heteroatoms. The van der Waals surface area contributed by atoms with Crippen LogP contribution in [0.25, 0.3) is 0 Å². The Bertz CT molecular complexity index is 318. The Morgan fingerprint density at radius 3 is 2.75 bits per heavy atom. The molecule has 0 saturated heterocycles. The molecule has 0 aliphatic carbocycles. The third kappa shape index (κ3) is 4.10. The lowest BCUT2D eigenvalue weighted by atomic mass is 10.2. The highest BCUT2D eigenvalue weighted by molar-refractivity contribution is 9.08. The molecule has 0 aromatic heterocycles. The number of rotatable bonds is 7. The Balaban J connectivity index is 2.46. The van der Waals surface area contributed by atoms with Gasteiger partial charge in [0.15, 0.2) is 11.6 Å². The monoisotopic (exact) mass is 290 g/mol. The first-order valence-corrected chi connectivity index (χ1v) is 6.45. The van der Waals surface area contributed by atoms with E-state index >= 15 is 0 Å². The Hall–Kier alpha value is -0.610. The Morgan fingerprint density at radius 1 is 1.25 bits per heavy atom. The van der Waals surface area contributed by atoms with Crippen LogP contribution in [0.3, 0.4) is 0 Å². The molecule has 16 heavy (non-hydrogen) atoms. The second-order valence-corrected chi connectivity index (χ2v) is 3.88. The number of halogens is 2. The van der Waals surface area contributed by atoms with Crippen LogP contribution in [-0.2, 0) is 10.1 Å². The molecule has 1 aromatic rings. The van der Waals surface area contributed by atoms with Gasteiger partial charge in [-0.2, -0.15) is 0 Å². The molecule has 0 atom stereocenters. The predicted octanol–water partition coefficient (Wildman–Crippen LogP) is 3.53. The summed E-state index contributed by atoms with van der Waals surface area (Å²) in [7, 11) is 0. The maximum atomic E-state index is 13.4. The van der Waals surface area contributed by atoms with Gasteiger partial charge in [-0.05, 0) is 12.5 Å². The van der Waals surface area contributed by atoms with E-state index in [4.69, 9.17) is 9.47 Å². The lowest BCUT2D eigenvalue weighted by Crippen LogP contribution is -2.09. The van der Waals surface area contributed by atoms with Crippen LogP contribution in [-0.4, -0.2) is 19.8 Å². The molecule has 90 valence electrons. The summed E-state index contributed by atoms with van der Waals surface area (Å²) in [5.41, 5.74) is 0.815. The van der Waals surface area contributed by atoms with Crippen molar-refractivity contribution in [1.29, 1.82) is 0 Å². The summed E-state index contributed by atoms with van der Waals surface area (Å²) < 4.78 is 24.1. The van der Waals surface area contributed by atoms with Gasteiger partial charge in [0, 0.05) is 17.5 Å². The van der Waals surface area contributed by atoms with Crippen molar-refractivity contribution >= 4 is 15.9 Å². The van der Waals surface area contributed by atoms with Crippen LogP contribution < -0.4 is 4.74 Å². The van der Waals surface area contributed by atoms with E-state index in [9.17, 15) is 4.39 Å². The Labute approximate surface area is 104 Å². The van der Waals surface area contributed by atoms with Crippen LogP contribution in [0.15, 0.2) is 18.2 Å². The van der Waals surface area contributed by atoms with Crippen molar-refractivity contribution in [1.82, 2.24) is 0 Å². The quantitative estimate of drug-likeness (QED) is 0.565. The van der Waals surface area contributed by atoms with Gasteiger partial charge in [-0.3, -0.25) is 0 Å².